The summed E-state index contributed by atoms with van der Waals surface area (Å²) in [6, 6.07) is 14.1. The van der Waals surface area contributed by atoms with Crippen LogP contribution in [0.5, 0.6) is 5.75 Å². The van der Waals surface area contributed by atoms with Gasteiger partial charge in [-0.3, -0.25) is 9.59 Å². The molecule has 0 spiro atoms. The summed E-state index contributed by atoms with van der Waals surface area (Å²) in [4.78, 5) is 24.3. The normalized spacial score (nSPS) is 10.5. The number of benzene rings is 2. The van der Waals surface area contributed by atoms with Gasteiger partial charge in [-0.15, -0.1) is 5.10 Å². The minimum absolute atomic E-state index is 0.0542. The summed E-state index contributed by atoms with van der Waals surface area (Å²) >= 11 is 0. The molecule has 0 aliphatic carbocycles. The van der Waals surface area contributed by atoms with Crippen molar-refractivity contribution < 1.29 is 14.3 Å². The van der Waals surface area contributed by atoms with Gasteiger partial charge >= 0.3 is 5.97 Å². The molecule has 122 valence electrons. The van der Waals surface area contributed by atoms with Crippen molar-refractivity contribution in [3.05, 3.63) is 64.4 Å². The van der Waals surface area contributed by atoms with E-state index in [4.69, 9.17) is 9.47 Å². The van der Waals surface area contributed by atoms with Gasteiger partial charge in [0.2, 0.25) is 0 Å². The molecule has 7 nitrogen and oxygen atoms in total. The van der Waals surface area contributed by atoms with Crippen LogP contribution in [0.3, 0.4) is 0 Å². The Kier molecular flexibility index (Phi) is 4.51. The minimum Gasteiger partial charge on any atom is -0.496 e. The molecular weight excluding hydrogens is 310 g/mol. The van der Waals surface area contributed by atoms with Crippen molar-refractivity contribution in [3.8, 4) is 5.75 Å². The van der Waals surface area contributed by atoms with Gasteiger partial charge in [-0.05, 0) is 18.2 Å². The first-order chi connectivity index (χ1) is 11.7. The summed E-state index contributed by atoms with van der Waals surface area (Å²) in [5, 5.41) is 8.10. The van der Waals surface area contributed by atoms with Crippen molar-refractivity contribution in [1.82, 2.24) is 15.0 Å². The molecule has 1 aromatic heterocycles. The van der Waals surface area contributed by atoms with Crippen molar-refractivity contribution in [1.29, 1.82) is 0 Å². The number of esters is 1. The Morgan fingerprint density at radius 3 is 2.71 bits per heavy atom. The second kappa shape index (κ2) is 6.91. The molecular formula is C17H15N3O4. The van der Waals surface area contributed by atoms with Crippen LogP contribution >= 0.6 is 0 Å². The van der Waals surface area contributed by atoms with Gasteiger partial charge in [0.1, 0.15) is 24.4 Å². The number of methoxy groups -OCH3 is 1. The third kappa shape index (κ3) is 3.24. The third-order valence-corrected chi connectivity index (χ3v) is 3.49. The van der Waals surface area contributed by atoms with Gasteiger partial charge in [0.05, 0.1) is 12.5 Å². The summed E-state index contributed by atoms with van der Waals surface area (Å²) in [6.45, 7) is -0.246. The number of para-hydroxylation sites is 1. The number of carbonyl (C=O) groups is 1. The molecule has 3 rings (SSSR count). The Bertz CT molecular complexity index is 936. The number of hydrogen-bond donors (Lipinski definition) is 0. The number of carbonyl (C=O) groups excluding carboxylic acids is 1. The van der Waals surface area contributed by atoms with Gasteiger partial charge in [-0.25, -0.2) is 0 Å². The highest BCUT2D eigenvalue weighted by Crippen LogP contribution is 2.18. The number of nitrogens with zero attached hydrogens (tertiary/aromatic N) is 3. The molecule has 0 atom stereocenters. The number of hydrogen-bond acceptors (Lipinski definition) is 6. The molecule has 0 aliphatic heterocycles. The van der Waals surface area contributed by atoms with E-state index in [0.29, 0.717) is 16.7 Å². The fraction of sp³-hybridized carbons (Fsp3) is 0.176. The maximum atomic E-state index is 12.3. The highest BCUT2D eigenvalue weighted by molar-refractivity contribution is 5.77. The lowest BCUT2D eigenvalue weighted by Crippen LogP contribution is -2.28. The number of ether oxygens (including phenoxy) is 2. The monoisotopic (exact) mass is 325 g/mol. The Morgan fingerprint density at radius 2 is 1.88 bits per heavy atom. The number of fused-ring (bicyclic) bond motifs is 1. The van der Waals surface area contributed by atoms with Gasteiger partial charge < -0.3 is 9.47 Å². The van der Waals surface area contributed by atoms with Crippen LogP contribution in [0.4, 0.5) is 0 Å². The fourth-order valence-corrected chi connectivity index (χ4v) is 2.28. The molecule has 0 unspecified atom stereocenters. The molecule has 24 heavy (non-hydrogen) atoms. The van der Waals surface area contributed by atoms with Crippen molar-refractivity contribution >= 4 is 16.9 Å². The van der Waals surface area contributed by atoms with Crippen molar-refractivity contribution in [2.24, 2.45) is 0 Å². The molecule has 0 aliphatic rings. The largest absolute Gasteiger partial charge is 0.496 e. The first-order valence-corrected chi connectivity index (χ1v) is 7.29. The predicted octanol–water partition coefficient (Wildman–Crippen LogP) is 1.54. The molecule has 0 saturated heterocycles. The zero-order chi connectivity index (χ0) is 16.9. The highest BCUT2D eigenvalue weighted by Gasteiger charge is 2.11. The van der Waals surface area contributed by atoms with Crippen molar-refractivity contribution in [2.45, 2.75) is 13.2 Å². The molecule has 0 amide bonds. The highest BCUT2D eigenvalue weighted by atomic mass is 16.5. The van der Waals surface area contributed by atoms with Crippen molar-refractivity contribution in [3.63, 3.8) is 0 Å². The first-order valence-electron chi connectivity index (χ1n) is 7.29. The van der Waals surface area contributed by atoms with Crippen LogP contribution in [-0.4, -0.2) is 28.1 Å². The van der Waals surface area contributed by atoms with E-state index < -0.39 is 5.97 Å². The van der Waals surface area contributed by atoms with E-state index in [9.17, 15) is 9.59 Å². The number of rotatable bonds is 5. The average Bonchev–Trinajstić information content (AvgIpc) is 2.63. The SMILES string of the molecule is COc1ccccc1COC(=O)Cn1nnc2ccccc2c1=O. The van der Waals surface area contributed by atoms with Gasteiger partial charge in [0.15, 0.2) is 0 Å². The topological polar surface area (TPSA) is 83.3 Å². The quantitative estimate of drug-likeness (QED) is 0.662. The van der Waals surface area contributed by atoms with Crippen LogP contribution in [0.15, 0.2) is 53.3 Å². The summed E-state index contributed by atoms with van der Waals surface area (Å²) < 4.78 is 11.4. The molecule has 3 aromatic rings. The Balaban J connectivity index is 1.71. The molecule has 0 radical (unpaired) electrons. The van der Waals surface area contributed by atoms with Crippen molar-refractivity contribution in [2.75, 3.05) is 7.11 Å². The van der Waals surface area contributed by atoms with Gasteiger partial charge in [-0.2, -0.15) is 4.68 Å². The van der Waals surface area contributed by atoms with E-state index in [-0.39, 0.29) is 18.7 Å². The summed E-state index contributed by atoms with van der Waals surface area (Å²) in [7, 11) is 1.55. The van der Waals surface area contributed by atoms with Crippen LogP contribution in [0.25, 0.3) is 10.9 Å². The van der Waals surface area contributed by atoms with E-state index in [2.05, 4.69) is 10.3 Å². The Hall–Kier alpha value is -3.22. The van der Waals surface area contributed by atoms with E-state index in [1.54, 1.807) is 43.5 Å². The van der Waals surface area contributed by atoms with Crippen LogP contribution in [-0.2, 0) is 22.7 Å². The lowest BCUT2D eigenvalue weighted by Gasteiger charge is -2.09. The van der Waals surface area contributed by atoms with Gasteiger partial charge in [-0.1, -0.05) is 35.5 Å². The van der Waals surface area contributed by atoms with Crippen LogP contribution in [0, 0.1) is 0 Å². The summed E-state index contributed by atoms with van der Waals surface area (Å²) in [6.07, 6.45) is 0. The molecule has 0 saturated carbocycles. The zero-order valence-electron chi connectivity index (χ0n) is 13.0. The maximum absolute atomic E-state index is 12.3. The standard InChI is InChI=1S/C17H15N3O4/c1-23-15-9-5-2-6-12(15)11-24-16(21)10-20-17(22)13-7-3-4-8-14(13)18-19-20/h2-9H,10-11H2,1H3. The molecule has 0 bridgehead atoms. The van der Waals surface area contributed by atoms with E-state index in [0.717, 1.165) is 10.2 Å². The second-order valence-corrected chi connectivity index (χ2v) is 5.04. The lowest BCUT2D eigenvalue weighted by molar-refractivity contribution is -0.146. The van der Waals surface area contributed by atoms with E-state index in [1.165, 1.54) is 0 Å². The molecule has 0 N–H and O–H groups in total. The van der Waals surface area contributed by atoms with Gasteiger partial charge in [0, 0.05) is 5.56 Å². The summed E-state index contributed by atoms with van der Waals surface area (Å²) in [5.74, 6) is 0.0561. The van der Waals surface area contributed by atoms with Crippen LogP contribution in [0.2, 0.25) is 0 Å². The van der Waals surface area contributed by atoms with E-state index >= 15 is 0 Å². The van der Waals surface area contributed by atoms with E-state index in [1.807, 2.05) is 12.1 Å². The first kappa shape index (κ1) is 15.7. The third-order valence-electron chi connectivity index (χ3n) is 3.49. The maximum Gasteiger partial charge on any atom is 0.328 e. The molecule has 2 aromatic carbocycles. The summed E-state index contributed by atoms with van der Waals surface area (Å²) in [5.41, 5.74) is 0.848. The Labute approximate surface area is 137 Å². The zero-order valence-corrected chi connectivity index (χ0v) is 13.0. The Morgan fingerprint density at radius 1 is 1.12 bits per heavy atom. The lowest BCUT2D eigenvalue weighted by atomic mass is 10.2. The second-order valence-electron chi connectivity index (χ2n) is 5.04. The van der Waals surface area contributed by atoms with Crippen LogP contribution in [0.1, 0.15) is 5.56 Å². The van der Waals surface area contributed by atoms with Crippen LogP contribution < -0.4 is 10.3 Å². The average molecular weight is 325 g/mol. The molecule has 0 fully saturated rings. The predicted molar refractivity (Wildman–Crippen MR) is 86.6 cm³/mol. The smallest absolute Gasteiger partial charge is 0.328 e. The number of aromatic nitrogens is 3. The molecule has 7 heteroatoms. The minimum atomic E-state index is -0.576. The fourth-order valence-electron chi connectivity index (χ4n) is 2.28. The van der Waals surface area contributed by atoms with Gasteiger partial charge in [0.25, 0.3) is 5.56 Å². The molecule has 1 heterocycles.